The lowest BCUT2D eigenvalue weighted by atomic mass is 9.97. The zero-order chi connectivity index (χ0) is 18.1. The Morgan fingerprint density at radius 1 is 1.33 bits per heavy atom. The van der Waals surface area contributed by atoms with Crippen LogP contribution in [0.4, 0.5) is 18.0 Å². The van der Waals surface area contributed by atoms with Crippen molar-refractivity contribution in [3.8, 4) is 0 Å². The van der Waals surface area contributed by atoms with Gasteiger partial charge >= 0.3 is 12.2 Å². The third-order valence-corrected chi connectivity index (χ3v) is 4.45. The standard InChI is InChI=1S/C15H22F3N3O3/c1-14(2)12(23)21(13(24)19-14)8-4-6-11(22)20-7-3-5-10(9-20)15(16,17)18/h10H,3-9H2,1-2H3,(H,19,24)/t10-/m0/s1. The number of hydrogen-bond acceptors (Lipinski definition) is 3. The van der Waals surface area contributed by atoms with Gasteiger partial charge in [-0.15, -0.1) is 0 Å². The van der Waals surface area contributed by atoms with Crippen LogP contribution in [0.15, 0.2) is 0 Å². The van der Waals surface area contributed by atoms with Crippen LogP contribution >= 0.6 is 0 Å². The number of nitrogens with one attached hydrogen (secondary N) is 1. The lowest BCUT2D eigenvalue weighted by molar-refractivity contribution is -0.188. The van der Waals surface area contributed by atoms with Crippen LogP contribution in [0.5, 0.6) is 0 Å². The van der Waals surface area contributed by atoms with E-state index in [0.717, 1.165) is 4.90 Å². The fourth-order valence-electron chi connectivity index (χ4n) is 3.04. The third kappa shape index (κ3) is 3.99. The van der Waals surface area contributed by atoms with Gasteiger partial charge in [-0.3, -0.25) is 14.5 Å². The Bertz CT molecular complexity index is 534. The summed E-state index contributed by atoms with van der Waals surface area (Å²) in [5.74, 6) is -2.20. The van der Waals surface area contributed by atoms with E-state index in [1.165, 1.54) is 4.90 Å². The molecule has 0 aromatic heterocycles. The van der Waals surface area contributed by atoms with Crippen molar-refractivity contribution < 1.29 is 27.6 Å². The van der Waals surface area contributed by atoms with Crippen molar-refractivity contribution in [2.45, 2.75) is 51.2 Å². The van der Waals surface area contributed by atoms with Crippen molar-refractivity contribution in [2.24, 2.45) is 5.92 Å². The summed E-state index contributed by atoms with van der Waals surface area (Å²) in [5.41, 5.74) is -0.964. The van der Waals surface area contributed by atoms with Gasteiger partial charge in [0.2, 0.25) is 5.91 Å². The number of piperidine rings is 1. The zero-order valence-corrected chi connectivity index (χ0v) is 13.8. The number of nitrogens with zero attached hydrogens (tertiary/aromatic N) is 2. The molecule has 2 aliphatic rings. The Balaban J connectivity index is 1.81. The highest BCUT2D eigenvalue weighted by Crippen LogP contribution is 2.33. The van der Waals surface area contributed by atoms with E-state index in [-0.39, 0.29) is 44.2 Å². The molecule has 0 aromatic carbocycles. The largest absolute Gasteiger partial charge is 0.393 e. The molecule has 1 N–H and O–H groups in total. The van der Waals surface area contributed by atoms with Gasteiger partial charge in [0.1, 0.15) is 5.54 Å². The van der Waals surface area contributed by atoms with E-state index in [1.54, 1.807) is 13.8 Å². The lowest BCUT2D eigenvalue weighted by Crippen LogP contribution is -2.44. The molecule has 0 aromatic rings. The van der Waals surface area contributed by atoms with Gasteiger partial charge in [-0.1, -0.05) is 0 Å². The molecule has 2 rings (SSSR count). The van der Waals surface area contributed by atoms with Crippen molar-refractivity contribution in [3.05, 3.63) is 0 Å². The molecule has 0 radical (unpaired) electrons. The van der Waals surface area contributed by atoms with Gasteiger partial charge in [0.15, 0.2) is 0 Å². The van der Waals surface area contributed by atoms with Gasteiger partial charge < -0.3 is 10.2 Å². The Labute approximate surface area is 138 Å². The van der Waals surface area contributed by atoms with Gasteiger partial charge in [-0.25, -0.2) is 4.79 Å². The Morgan fingerprint density at radius 2 is 2.00 bits per heavy atom. The molecule has 24 heavy (non-hydrogen) atoms. The fraction of sp³-hybridized carbons (Fsp3) is 0.800. The first-order valence-electron chi connectivity index (χ1n) is 8.01. The minimum atomic E-state index is -4.29. The highest BCUT2D eigenvalue weighted by Gasteiger charge is 2.44. The Kier molecular flexibility index (Phi) is 5.10. The summed E-state index contributed by atoms with van der Waals surface area (Å²) in [6.45, 7) is 3.27. The molecule has 0 saturated carbocycles. The van der Waals surface area contributed by atoms with E-state index in [0.29, 0.717) is 13.0 Å². The first-order valence-corrected chi connectivity index (χ1v) is 8.01. The number of amides is 4. The highest BCUT2D eigenvalue weighted by molar-refractivity contribution is 6.06. The molecule has 0 aliphatic carbocycles. The molecule has 0 unspecified atom stereocenters. The smallest absolute Gasteiger partial charge is 0.342 e. The molecular formula is C15H22F3N3O3. The highest BCUT2D eigenvalue weighted by atomic mass is 19.4. The van der Waals surface area contributed by atoms with Gasteiger partial charge in [-0.05, 0) is 33.1 Å². The van der Waals surface area contributed by atoms with E-state index in [1.807, 2.05) is 0 Å². The lowest BCUT2D eigenvalue weighted by Gasteiger charge is -2.33. The average Bonchev–Trinajstić information content (AvgIpc) is 2.68. The van der Waals surface area contributed by atoms with Crippen molar-refractivity contribution in [3.63, 3.8) is 0 Å². The second-order valence-electron chi connectivity index (χ2n) is 6.84. The molecule has 136 valence electrons. The van der Waals surface area contributed by atoms with Crippen molar-refractivity contribution in [1.82, 2.24) is 15.1 Å². The predicted molar refractivity (Wildman–Crippen MR) is 78.9 cm³/mol. The minimum absolute atomic E-state index is 0.0159. The quantitative estimate of drug-likeness (QED) is 0.788. The van der Waals surface area contributed by atoms with Gasteiger partial charge in [-0.2, -0.15) is 13.2 Å². The van der Waals surface area contributed by atoms with Crippen LogP contribution in [0.2, 0.25) is 0 Å². The van der Waals surface area contributed by atoms with Crippen LogP contribution in [-0.2, 0) is 9.59 Å². The number of carbonyl (C=O) groups excluding carboxylic acids is 3. The Morgan fingerprint density at radius 3 is 2.54 bits per heavy atom. The summed E-state index contributed by atoms with van der Waals surface area (Å²) < 4.78 is 38.3. The maximum Gasteiger partial charge on any atom is 0.393 e. The van der Waals surface area contributed by atoms with Crippen LogP contribution in [0.1, 0.15) is 39.5 Å². The van der Waals surface area contributed by atoms with E-state index in [2.05, 4.69) is 5.32 Å². The minimum Gasteiger partial charge on any atom is -0.342 e. The SMILES string of the molecule is CC1(C)NC(=O)N(CCCC(=O)N2CCC[C@H](C(F)(F)F)C2)C1=O. The third-order valence-electron chi connectivity index (χ3n) is 4.45. The topological polar surface area (TPSA) is 69.7 Å². The van der Waals surface area contributed by atoms with E-state index >= 15 is 0 Å². The summed E-state index contributed by atoms with van der Waals surface area (Å²) in [6.07, 6.45) is -3.66. The van der Waals surface area contributed by atoms with E-state index in [9.17, 15) is 27.6 Å². The summed E-state index contributed by atoms with van der Waals surface area (Å²) in [6, 6.07) is -0.507. The molecule has 1 atom stereocenters. The molecule has 6 nitrogen and oxygen atoms in total. The number of alkyl halides is 3. The van der Waals surface area contributed by atoms with E-state index in [4.69, 9.17) is 0 Å². The van der Waals surface area contributed by atoms with Crippen molar-refractivity contribution in [2.75, 3.05) is 19.6 Å². The molecule has 2 fully saturated rings. The molecule has 2 aliphatic heterocycles. The van der Waals surface area contributed by atoms with Crippen LogP contribution in [0.3, 0.4) is 0 Å². The second-order valence-corrected chi connectivity index (χ2v) is 6.84. The van der Waals surface area contributed by atoms with Gasteiger partial charge in [0.25, 0.3) is 5.91 Å². The predicted octanol–water partition coefficient (Wildman–Crippen LogP) is 1.90. The number of urea groups is 1. The van der Waals surface area contributed by atoms with Crippen LogP contribution in [-0.4, -0.2) is 59.0 Å². The van der Waals surface area contributed by atoms with Crippen molar-refractivity contribution >= 4 is 17.8 Å². The Hall–Kier alpha value is -1.80. The number of rotatable bonds is 4. The number of hydrogen-bond donors (Lipinski definition) is 1. The molecule has 2 saturated heterocycles. The molecule has 2 heterocycles. The number of likely N-dealkylation sites (tertiary alicyclic amines) is 1. The van der Waals surface area contributed by atoms with E-state index < -0.39 is 23.7 Å². The zero-order valence-electron chi connectivity index (χ0n) is 13.8. The van der Waals surface area contributed by atoms with Crippen molar-refractivity contribution in [1.29, 1.82) is 0 Å². The summed E-state index contributed by atoms with van der Waals surface area (Å²) in [4.78, 5) is 38.1. The molecular weight excluding hydrogens is 327 g/mol. The maximum absolute atomic E-state index is 12.8. The second kappa shape index (κ2) is 6.60. The maximum atomic E-state index is 12.8. The van der Waals surface area contributed by atoms with Crippen LogP contribution < -0.4 is 5.32 Å². The normalized spacial score (nSPS) is 24.3. The first-order chi connectivity index (χ1) is 11.0. The van der Waals surface area contributed by atoms with Gasteiger partial charge in [0.05, 0.1) is 5.92 Å². The summed E-state index contributed by atoms with van der Waals surface area (Å²) in [5, 5.41) is 2.53. The monoisotopic (exact) mass is 349 g/mol. The molecule has 9 heteroatoms. The molecule has 0 spiro atoms. The van der Waals surface area contributed by atoms with Crippen LogP contribution in [0, 0.1) is 5.92 Å². The summed E-state index contributed by atoms with van der Waals surface area (Å²) in [7, 11) is 0. The number of halogens is 3. The van der Waals surface area contributed by atoms with Gasteiger partial charge in [0, 0.05) is 26.1 Å². The fourth-order valence-corrected chi connectivity index (χ4v) is 3.04. The average molecular weight is 349 g/mol. The molecule has 0 bridgehead atoms. The number of imide groups is 1. The molecule has 4 amide bonds. The number of carbonyl (C=O) groups is 3. The summed E-state index contributed by atoms with van der Waals surface area (Å²) >= 11 is 0. The van der Waals surface area contributed by atoms with Crippen LogP contribution in [0.25, 0.3) is 0 Å². The first kappa shape index (κ1) is 18.5.